The third kappa shape index (κ3) is 2.93. The standard InChI is InChI=1S/C13H19N5O3/c1-5-6-8(10-15-17-18-16-10)14-11(19)9-7(2)13(3,4)21-12(9)20/h8H,5-6H2,1-4H3,(H,14,19)(H,15,16,17,18). The average molecular weight is 293 g/mol. The molecule has 8 nitrogen and oxygen atoms in total. The Bertz CT molecular complexity index is 577. The molecule has 0 aromatic carbocycles. The zero-order valence-electron chi connectivity index (χ0n) is 12.6. The van der Waals surface area contributed by atoms with Gasteiger partial charge in [-0.25, -0.2) is 4.79 Å². The molecule has 1 unspecified atom stereocenters. The topological polar surface area (TPSA) is 110 Å². The van der Waals surface area contributed by atoms with E-state index >= 15 is 0 Å². The zero-order valence-corrected chi connectivity index (χ0v) is 12.6. The summed E-state index contributed by atoms with van der Waals surface area (Å²) in [7, 11) is 0. The van der Waals surface area contributed by atoms with Crippen LogP contribution >= 0.6 is 0 Å². The van der Waals surface area contributed by atoms with Gasteiger partial charge in [0.15, 0.2) is 5.82 Å². The first kappa shape index (κ1) is 15.1. The zero-order chi connectivity index (χ0) is 15.6. The minimum absolute atomic E-state index is 0.0598. The Balaban J connectivity index is 2.20. The number of tetrazole rings is 1. The molecule has 1 aromatic rings. The van der Waals surface area contributed by atoms with Crippen LogP contribution in [0.4, 0.5) is 0 Å². The van der Waals surface area contributed by atoms with Gasteiger partial charge in [0.05, 0.1) is 6.04 Å². The number of nitrogens with one attached hydrogen (secondary N) is 2. The molecule has 114 valence electrons. The van der Waals surface area contributed by atoms with E-state index in [2.05, 4.69) is 25.9 Å². The van der Waals surface area contributed by atoms with E-state index in [1.54, 1.807) is 20.8 Å². The van der Waals surface area contributed by atoms with Gasteiger partial charge >= 0.3 is 5.97 Å². The van der Waals surface area contributed by atoms with Gasteiger partial charge in [-0.1, -0.05) is 18.6 Å². The summed E-state index contributed by atoms with van der Waals surface area (Å²) in [6.07, 6.45) is 1.48. The van der Waals surface area contributed by atoms with Crippen molar-refractivity contribution >= 4 is 11.9 Å². The molecular formula is C13H19N5O3. The molecular weight excluding hydrogens is 274 g/mol. The van der Waals surface area contributed by atoms with Crippen molar-refractivity contribution in [2.24, 2.45) is 0 Å². The van der Waals surface area contributed by atoms with Crippen LogP contribution in [0.3, 0.4) is 0 Å². The molecule has 0 aliphatic carbocycles. The van der Waals surface area contributed by atoms with Crippen molar-refractivity contribution in [2.45, 2.75) is 52.2 Å². The molecule has 1 aliphatic rings. The smallest absolute Gasteiger partial charge is 0.344 e. The van der Waals surface area contributed by atoms with Gasteiger partial charge in [0, 0.05) is 0 Å². The van der Waals surface area contributed by atoms with E-state index in [1.165, 1.54) is 0 Å². The third-order valence-electron chi connectivity index (χ3n) is 3.61. The Morgan fingerprint density at radius 3 is 2.67 bits per heavy atom. The Hall–Kier alpha value is -2.25. The fraction of sp³-hybridized carbons (Fsp3) is 0.615. The lowest BCUT2D eigenvalue weighted by Gasteiger charge is -2.18. The summed E-state index contributed by atoms with van der Waals surface area (Å²) in [4.78, 5) is 24.3. The lowest BCUT2D eigenvalue weighted by molar-refractivity contribution is -0.145. The first-order chi connectivity index (χ1) is 9.86. The molecule has 1 amide bonds. The predicted octanol–water partition coefficient (Wildman–Crippen LogP) is 0.809. The van der Waals surface area contributed by atoms with E-state index in [0.29, 0.717) is 17.8 Å². The minimum Gasteiger partial charge on any atom is -0.451 e. The molecule has 0 bridgehead atoms. The van der Waals surface area contributed by atoms with Gasteiger partial charge < -0.3 is 10.1 Å². The van der Waals surface area contributed by atoms with Crippen LogP contribution < -0.4 is 5.32 Å². The van der Waals surface area contributed by atoms with E-state index in [-0.39, 0.29) is 5.57 Å². The molecule has 0 saturated heterocycles. The molecule has 1 aliphatic heterocycles. The molecule has 21 heavy (non-hydrogen) atoms. The molecule has 1 aromatic heterocycles. The number of aromatic amines is 1. The van der Waals surface area contributed by atoms with Gasteiger partial charge in [0.1, 0.15) is 11.2 Å². The monoisotopic (exact) mass is 293 g/mol. The largest absolute Gasteiger partial charge is 0.451 e. The van der Waals surface area contributed by atoms with Crippen molar-refractivity contribution in [3.8, 4) is 0 Å². The lowest BCUT2D eigenvalue weighted by Crippen LogP contribution is -2.32. The van der Waals surface area contributed by atoms with Crippen LogP contribution in [0.1, 0.15) is 52.4 Å². The van der Waals surface area contributed by atoms with E-state index in [9.17, 15) is 9.59 Å². The number of carbonyl (C=O) groups is 2. The second-order valence-electron chi connectivity index (χ2n) is 5.48. The van der Waals surface area contributed by atoms with Crippen molar-refractivity contribution in [2.75, 3.05) is 0 Å². The van der Waals surface area contributed by atoms with Crippen LogP contribution in [0.15, 0.2) is 11.1 Å². The molecule has 2 N–H and O–H groups in total. The van der Waals surface area contributed by atoms with Crippen molar-refractivity contribution in [1.82, 2.24) is 25.9 Å². The van der Waals surface area contributed by atoms with Gasteiger partial charge in [0.25, 0.3) is 5.91 Å². The number of esters is 1. The van der Waals surface area contributed by atoms with Crippen LogP contribution in [-0.2, 0) is 14.3 Å². The maximum atomic E-state index is 12.4. The fourth-order valence-electron chi connectivity index (χ4n) is 2.18. The van der Waals surface area contributed by atoms with E-state index in [0.717, 1.165) is 6.42 Å². The molecule has 8 heteroatoms. The van der Waals surface area contributed by atoms with Crippen LogP contribution in [-0.4, -0.2) is 38.1 Å². The summed E-state index contributed by atoms with van der Waals surface area (Å²) >= 11 is 0. The number of aromatic nitrogens is 4. The number of hydrogen-bond acceptors (Lipinski definition) is 6. The quantitative estimate of drug-likeness (QED) is 0.614. The molecule has 0 saturated carbocycles. The van der Waals surface area contributed by atoms with Crippen molar-refractivity contribution in [3.63, 3.8) is 0 Å². The lowest BCUT2D eigenvalue weighted by atomic mass is 9.97. The average Bonchev–Trinajstić information content (AvgIpc) is 2.97. The Morgan fingerprint density at radius 1 is 1.48 bits per heavy atom. The summed E-state index contributed by atoms with van der Waals surface area (Å²) in [6, 6.07) is -0.391. The SMILES string of the molecule is CCCC(NC(=O)C1=C(C)C(C)(C)OC1=O)c1nn[nH]n1. The summed E-state index contributed by atoms with van der Waals surface area (Å²) in [5.74, 6) is -0.668. The molecule has 2 heterocycles. The Labute approximate surface area is 122 Å². The Morgan fingerprint density at radius 2 is 2.19 bits per heavy atom. The molecule has 1 atom stereocenters. The van der Waals surface area contributed by atoms with Gasteiger partial charge in [-0.05, 0) is 32.8 Å². The van der Waals surface area contributed by atoms with Crippen LogP contribution in [0.5, 0.6) is 0 Å². The number of amides is 1. The van der Waals surface area contributed by atoms with Gasteiger partial charge in [0.2, 0.25) is 0 Å². The minimum atomic E-state index is -0.754. The number of rotatable bonds is 5. The fourth-order valence-corrected chi connectivity index (χ4v) is 2.18. The maximum absolute atomic E-state index is 12.4. The summed E-state index contributed by atoms with van der Waals surface area (Å²) in [5.41, 5.74) is -0.0752. The van der Waals surface area contributed by atoms with Gasteiger partial charge in [-0.3, -0.25) is 4.79 Å². The predicted molar refractivity (Wildman–Crippen MR) is 72.8 cm³/mol. The van der Waals surface area contributed by atoms with Crippen LogP contribution in [0.25, 0.3) is 0 Å². The number of ether oxygens (including phenoxy) is 1. The maximum Gasteiger partial charge on any atom is 0.344 e. The van der Waals surface area contributed by atoms with E-state index in [4.69, 9.17) is 4.74 Å². The van der Waals surface area contributed by atoms with Crippen molar-refractivity contribution < 1.29 is 14.3 Å². The second kappa shape index (κ2) is 5.63. The molecule has 2 rings (SSSR count). The number of cyclic esters (lactones) is 1. The van der Waals surface area contributed by atoms with Crippen molar-refractivity contribution in [1.29, 1.82) is 0 Å². The number of hydrogen-bond donors (Lipinski definition) is 2. The van der Waals surface area contributed by atoms with Gasteiger partial charge in [-0.15, -0.1) is 10.2 Å². The molecule has 0 fully saturated rings. The number of carbonyl (C=O) groups excluding carboxylic acids is 2. The normalized spacial score (nSPS) is 18.6. The second-order valence-corrected chi connectivity index (χ2v) is 5.48. The number of H-pyrrole nitrogens is 1. The number of nitrogens with zero attached hydrogens (tertiary/aromatic N) is 3. The highest BCUT2D eigenvalue weighted by atomic mass is 16.6. The van der Waals surface area contributed by atoms with Crippen LogP contribution in [0.2, 0.25) is 0 Å². The summed E-state index contributed by atoms with van der Waals surface area (Å²) in [5, 5.41) is 16.4. The van der Waals surface area contributed by atoms with Crippen LogP contribution in [0, 0.1) is 0 Å². The highest BCUT2D eigenvalue weighted by Gasteiger charge is 2.41. The highest BCUT2D eigenvalue weighted by molar-refractivity contribution is 6.18. The third-order valence-corrected chi connectivity index (χ3v) is 3.61. The summed E-state index contributed by atoms with van der Waals surface area (Å²) < 4.78 is 5.20. The van der Waals surface area contributed by atoms with E-state index in [1.807, 2.05) is 6.92 Å². The first-order valence-corrected chi connectivity index (χ1v) is 6.85. The van der Waals surface area contributed by atoms with Crippen molar-refractivity contribution in [3.05, 3.63) is 17.0 Å². The van der Waals surface area contributed by atoms with Gasteiger partial charge in [-0.2, -0.15) is 5.21 Å². The first-order valence-electron chi connectivity index (χ1n) is 6.85. The highest BCUT2D eigenvalue weighted by Crippen LogP contribution is 2.32. The molecule has 0 spiro atoms. The Kier molecular flexibility index (Phi) is 4.06. The molecule has 0 radical (unpaired) electrons. The summed E-state index contributed by atoms with van der Waals surface area (Å²) in [6.45, 7) is 7.21. The van der Waals surface area contributed by atoms with E-state index < -0.39 is 23.5 Å².